The molecule has 22 heavy (non-hydrogen) atoms. The summed E-state index contributed by atoms with van der Waals surface area (Å²) in [6.07, 6.45) is 1.47. The molecule has 1 amide bonds. The Labute approximate surface area is 132 Å². The molecule has 0 aliphatic carbocycles. The minimum Gasteiger partial charge on any atom is -0.326 e. The quantitative estimate of drug-likeness (QED) is 0.768. The van der Waals surface area contributed by atoms with Crippen LogP contribution < -0.4 is 10.6 Å². The minimum absolute atomic E-state index is 0.0514. The van der Waals surface area contributed by atoms with Gasteiger partial charge in [-0.15, -0.1) is 0 Å². The van der Waals surface area contributed by atoms with Gasteiger partial charge in [-0.25, -0.2) is 0 Å². The normalized spacial score (nSPS) is 10.5. The van der Waals surface area contributed by atoms with E-state index in [1.807, 2.05) is 36.4 Å². The molecule has 3 heteroatoms. The summed E-state index contributed by atoms with van der Waals surface area (Å²) >= 11 is 0. The fourth-order valence-electron chi connectivity index (χ4n) is 2.25. The van der Waals surface area contributed by atoms with Crippen molar-refractivity contribution in [2.75, 3.05) is 18.4 Å². The summed E-state index contributed by atoms with van der Waals surface area (Å²) in [5.74, 6) is 0.0514. The van der Waals surface area contributed by atoms with Gasteiger partial charge in [0.25, 0.3) is 0 Å². The molecule has 0 heterocycles. The van der Waals surface area contributed by atoms with E-state index in [4.69, 9.17) is 0 Å². The molecule has 0 saturated carbocycles. The van der Waals surface area contributed by atoms with Crippen LogP contribution in [0.3, 0.4) is 0 Å². The lowest BCUT2D eigenvalue weighted by Gasteiger charge is -2.08. The number of nitrogens with one attached hydrogen (secondary N) is 2. The minimum atomic E-state index is 0.0514. The predicted molar refractivity (Wildman–Crippen MR) is 92.2 cm³/mol. The highest BCUT2D eigenvalue weighted by molar-refractivity contribution is 5.90. The van der Waals surface area contributed by atoms with Crippen LogP contribution in [0, 0.1) is 13.8 Å². The molecule has 0 atom stereocenters. The Balaban J connectivity index is 1.64. The van der Waals surface area contributed by atoms with Crippen LogP contribution in [-0.4, -0.2) is 19.0 Å². The van der Waals surface area contributed by atoms with E-state index >= 15 is 0 Å². The molecular weight excluding hydrogens is 272 g/mol. The van der Waals surface area contributed by atoms with Crippen LogP contribution in [0.4, 0.5) is 5.69 Å². The Morgan fingerprint density at radius 3 is 2.45 bits per heavy atom. The van der Waals surface area contributed by atoms with E-state index in [0.29, 0.717) is 13.0 Å². The molecule has 2 rings (SSSR count). The van der Waals surface area contributed by atoms with Crippen molar-refractivity contribution in [2.45, 2.75) is 26.7 Å². The summed E-state index contributed by atoms with van der Waals surface area (Å²) in [5, 5.41) is 6.25. The van der Waals surface area contributed by atoms with Gasteiger partial charge < -0.3 is 10.6 Å². The zero-order valence-electron chi connectivity index (χ0n) is 13.4. The van der Waals surface area contributed by atoms with Crippen molar-refractivity contribution in [3.05, 3.63) is 65.2 Å². The Kier molecular flexibility index (Phi) is 6.16. The lowest BCUT2D eigenvalue weighted by Crippen LogP contribution is -2.23. The van der Waals surface area contributed by atoms with Gasteiger partial charge in [0.2, 0.25) is 5.91 Å². The second-order valence-electron chi connectivity index (χ2n) is 5.58. The number of benzene rings is 2. The summed E-state index contributed by atoms with van der Waals surface area (Å²) in [6, 6.07) is 16.3. The molecule has 0 spiro atoms. The molecule has 0 aliphatic heterocycles. The number of rotatable bonds is 7. The van der Waals surface area contributed by atoms with Crippen molar-refractivity contribution < 1.29 is 4.79 Å². The first-order chi connectivity index (χ1) is 10.6. The fraction of sp³-hybridized carbons (Fsp3) is 0.316. The van der Waals surface area contributed by atoms with E-state index in [-0.39, 0.29) is 5.91 Å². The van der Waals surface area contributed by atoms with Gasteiger partial charge in [-0.1, -0.05) is 36.4 Å². The molecule has 0 unspecified atom stereocenters. The number of carbonyl (C=O) groups is 1. The highest BCUT2D eigenvalue weighted by Gasteiger charge is 2.03. The number of amides is 1. The molecule has 0 radical (unpaired) electrons. The van der Waals surface area contributed by atoms with Gasteiger partial charge in [0.1, 0.15) is 0 Å². The van der Waals surface area contributed by atoms with Crippen LogP contribution >= 0.6 is 0 Å². The van der Waals surface area contributed by atoms with Gasteiger partial charge in [0.05, 0.1) is 0 Å². The Morgan fingerprint density at radius 1 is 0.955 bits per heavy atom. The van der Waals surface area contributed by atoms with E-state index in [1.165, 1.54) is 16.7 Å². The molecule has 0 aromatic heterocycles. The fourth-order valence-corrected chi connectivity index (χ4v) is 2.25. The number of hydrogen-bond donors (Lipinski definition) is 2. The lowest BCUT2D eigenvalue weighted by molar-refractivity contribution is -0.116. The van der Waals surface area contributed by atoms with Crippen molar-refractivity contribution in [3.63, 3.8) is 0 Å². The third-order valence-electron chi connectivity index (χ3n) is 3.75. The predicted octanol–water partition coefficient (Wildman–Crippen LogP) is 3.46. The van der Waals surface area contributed by atoms with Crippen LogP contribution in [0.2, 0.25) is 0 Å². The number of carbonyl (C=O) groups excluding carboxylic acids is 1. The smallest absolute Gasteiger partial charge is 0.225 e. The lowest BCUT2D eigenvalue weighted by atomic mass is 10.1. The van der Waals surface area contributed by atoms with Gasteiger partial charge in [-0.05, 0) is 55.6 Å². The number of aryl methyl sites for hydroxylation is 2. The van der Waals surface area contributed by atoms with E-state index in [2.05, 4.69) is 36.6 Å². The van der Waals surface area contributed by atoms with Crippen molar-refractivity contribution >= 4 is 11.6 Å². The molecule has 0 fully saturated rings. The molecule has 2 N–H and O–H groups in total. The Morgan fingerprint density at radius 2 is 1.73 bits per heavy atom. The van der Waals surface area contributed by atoms with Crippen LogP contribution in [0.25, 0.3) is 0 Å². The van der Waals surface area contributed by atoms with Gasteiger partial charge >= 0.3 is 0 Å². The second-order valence-corrected chi connectivity index (χ2v) is 5.58. The molecule has 3 nitrogen and oxygen atoms in total. The van der Waals surface area contributed by atoms with Crippen LogP contribution in [0.1, 0.15) is 23.1 Å². The summed E-state index contributed by atoms with van der Waals surface area (Å²) in [5.41, 5.74) is 4.62. The maximum absolute atomic E-state index is 11.9. The van der Waals surface area contributed by atoms with E-state index < -0.39 is 0 Å². The summed E-state index contributed by atoms with van der Waals surface area (Å²) in [6.45, 7) is 5.71. The SMILES string of the molecule is Cc1ccc(NC(=O)CCNCCc2ccccc2)cc1C. The first kappa shape index (κ1) is 16.2. The van der Waals surface area contributed by atoms with Gasteiger partial charge in [0.15, 0.2) is 0 Å². The van der Waals surface area contributed by atoms with Crippen LogP contribution in [0.15, 0.2) is 48.5 Å². The molecule has 0 aliphatic rings. The van der Waals surface area contributed by atoms with Crippen molar-refractivity contribution in [3.8, 4) is 0 Å². The largest absolute Gasteiger partial charge is 0.326 e. The van der Waals surface area contributed by atoms with Crippen molar-refractivity contribution in [2.24, 2.45) is 0 Å². The van der Waals surface area contributed by atoms with Crippen molar-refractivity contribution in [1.29, 1.82) is 0 Å². The summed E-state index contributed by atoms with van der Waals surface area (Å²) < 4.78 is 0. The number of anilines is 1. The first-order valence-electron chi connectivity index (χ1n) is 7.77. The molecule has 0 bridgehead atoms. The van der Waals surface area contributed by atoms with E-state index in [0.717, 1.165) is 18.7 Å². The highest BCUT2D eigenvalue weighted by atomic mass is 16.1. The molecule has 0 saturated heterocycles. The standard InChI is InChI=1S/C19H24N2O/c1-15-8-9-18(14-16(15)2)21-19(22)11-13-20-12-10-17-6-4-3-5-7-17/h3-9,14,20H,10-13H2,1-2H3,(H,21,22). The third-order valence-corrected chi connectivity index (χ3v) is 3.75. The van der Waals surface area contributed by atoms with Gasteiger partial charge in [-0.2, -0.15) is 0 Å². The number of hydrogen-bond acceptors (Lipinski definition) is 2. The molecule has 2 aromatic carbocycles. The summed E-state index contributed by atoms with van der Waals surface area (Å²) in [4.78, 5) is 11.9. The Hall–Kier alpha value is -2.13. The third kappa shape index (κ3) is 5.34. The average Bonchev–Trinajstić information content (AvgIpc) is 2.52. The van der Waals surface area contributed by atoms with Crippen molar-refractivity contribution in [1.82, 2.24) is 5.32 Å². The average molecular weight is 296 g/mol. The van der Waals surface area contributed by atoms with Crippen LogP contribution in [-0.2, 0) is 11.2 Å². The zero-order chi connectivity index (χ0) is 15.8. The van der Waals surface area contributed by atoms with E-state index in [9.17, 15) is 4.79 Å². The topological polar surface area (TPSA) is 41.1 Å². The Bertz CT molecular complexity index is 608. The van der Waals surface area contributed by atoms with Gasteiger partial charge in [0, 0.05) is 18.7 Å². The monoisotopic (exact) mass is 296 g/mol. The maximum atomic E-state index is 11.9. The molecule has 116 valence electrons. The zero-order valence-corrected chi connectivity index (χ0v) is 13.4. The maximum Gasteiger partial charge on any atom is 0.225 e. The van der Waals surface area contributed by atoms with E-state index in [1.54, 1.807) is 0 Å². The van der Waals surface area contributed by atoms with Crippen LogP contribution in [0.5, 0.6) is 0 Å². The molecule has 2 aromatic rings. The first-order valence-corrected chi connectivity index (χ1v) is 7.77. The summed E-state index contributed by atoms with van der Waals surface area (Å²) in [7, 11) is 0. The molecular formula is C19H24N2O. The highest BCUT2D eigenvalue weighted by Crippen LogP contribution is 2.14. The second kappa shape index (κ2) is 8.35. The van der Waals surface area contributed by atoms with Gasteiger partial charge in [-0.3, -0.25) is 4.79 Å².